The van der Waals surface area contributed by atoms with E-state index in [1.807, 2.05) is 19.1 Å². The monoisotopic (exact) mass is 259 g/mol. The number of nitrogens with zero attached hydrogens (tertiary/aromatic N) is 1. The largest absolute Gasteiger partial charge is 0.380 e. The van der Waals surface area contributed by atoms with Gasteiger partial charge in [0.05, 0.1) is 12.6 Å². The normalized spacial score (nSPS) is 12.1. The summed E-state index contributed by atoms with van der Waals surface area (Å²) in [7, 11) is 1.64. The van der Waals surface area contributed by atoms with Crippen molar-refractivity contribution in [3.8, 4) is 0 Å². The number of benzene rings is 1. The van der Waals surface area contributed by atoms with Crippen LogP contribution in [0.15, 0.2) is 36.7 Å². The summed E-state index contributed by atoms with van der Waals surface area (Å²) >= 11 is 0. The van der Waals surface area contributed by atoms with E-state index in [4.69, 9.17) is 4.74 Å². The van der Waals surface area contributed by atoms with Crippen LogP contribution in [0.2, 0.25) is 0 Å². The van der Waals surface area contributed by atoms with Gasteiger partial charge in [-0.25, -0.2) is 4.98 Å². The summed E-state index contributed by atoms with van der Waals surface area (Å²) in [5.41, 5.74) is 1.66. The van der Waals surface area contributed by atoms with E-state index in [0.29, 0.717) is 12.2 Å². The van der Waals surface area contributed by atoms with Gasteiger partial charge in [0.2, 0.25) is 0 Å². The Morgan fingerprint density at radius 2 is 2.16 bits per heavy atom. The van der Waals surface area contributed by atoms with Crippen molar-refractivity contribution in [2.75, 3.05) is 7.11 Å². The Balaban J connectivity index is 1.99. The van der Waals surface area contributed by atoms with Crippen molar-refractivity contribution in [1.82, 2.24) is 15.3 Å². The van der Waals surface area contributed by atoms with Gasteiger partial charge in [0.1, 0.15) is 5.82 Å². The minimum absolute atomic E-state index is 0.118. The van der Waals surface area contributed by atoms with Crippen LogP contribution in [0.25, 0.3) is 0 Å². The third kappa shape index (κ3) is 3.42. The summed E-state index contributed by atoms with van der Waals surface area (Å²) in [6.07, 6.45) is 3.40. The minimum Gasteiger partial charge on any atom is -0.380 e. The van der Waals surface area contributed by atoms with Crippen LogP contribution in [-0.2, 0) is 11.3 Å². The first-order chi connectivity index (χ1) is 9.20. The number of H-pyrrole nitrogens is 1. The lowest BCUT2D eigenvalue weighted by Gasteiger charge is -2.11. The van der Waals surface area contributed by atoms with E-state index in [0.717, 1.165) is 11.4 Å². The molecular formula is C14H17N3O2. The molecule has 1 heterocycles. The lowest BCUT2D eigenvalue weighted by molar-refractivity contribution is 0.0938. The van der Waals surface area contributed by atoms with E-state index in [1.165, 1.54) is 0 Å². The molecule has 0 spiro atoms. The number of hydrogen-bond donors (Lipinski definition) is 2. The number of rotatable bonds is 5. The molecule has 2 aromatic rings. The van der Waals surface area contributed by atoms with Crippen LogP contribution in [0.3, 0.4) is 0 Å². The molecular weight excluding hydrogens is 242 g/mol. The van der Waals surface area contributed by atoms with Crippen molar-refractivity contribution in [2.45, 2.75) is 19.6 Å². The highest BCUT2D eigenvalue weighted by Crippen LogP contribution is 2.09. The molecule has 0 saturated heterocycles. The summed E-state index contributed by atoms with van der Waals surface area (Å²) in [5, 5.41) is 2.89. The van der Waals surface area contributed by atoms with Gasteiger partial charge < -0.3 is 15.0 Å². The van der Waals surface area contributed by atoms with Gasteiger partial charge in [-0.15, -0.1) is 0 Å². The first-order valence-electron chi connectivity index (χ1n) is 6.08. The zero-order valence-corrected chi connectivity index (χ0v) is 11.0. The molecule has 0 saturated carbocycles. The number of carbonyl (C=O) groups excluding carboxylic acids is 1. The second kappa shape index (κ2) is 6.15. The molecule has 5 nitrogen and oxygen atoms in total. The molecule has 5 heteroatoms. The maximum Gasteiger partial charge on any atom is 0.251 e. The predicted octanol–water partition coefficient (Wildman–Crippen LogP) is 2.05. The van der Waals surface area contributed by atoms with E-state index in [-0.39, 0.29) is 11.9 Å². The first-order valence-corrected chi connectivity index (χ1v) is 6.08. The van der Waals surface area contributed by atoms with Crippen LogP contribution < -0.4 is 5.32 Å². The molecule has 1 aromatic carbocycles. The van der Waals surface area contributed by atoms with Gasteiger partial charge in [-0.2, -0.15) is 0 Å². The lowest BCUT2D eigenvalue weighted by atomic mass is 10.1. The number of amides is 1. The van der Waals surface area contributed by atoms with Crippen molar-refractivity contribution >= 4 is 5.91 Å². The molecule has 2 N–H and O–H groups in total. The average Bonchev–Trinajstić information content (AvgIpc) is 2.94. The Bertz CT molecular complexity index is 520. The number of methoxy groups -OCH3 is 1. The van der Waals surface area contributed by atoms with E-state index in [2.05, 4.69) is 15.3 Å². The van der Waals surface area contributed by atoms with Crippen LogP contribution in [0.5, 0.6) is 0 Å². The quantitative estimate of drug-likeness (QED) is 0.863. The molecule has 19 heavy (non-hydrogen) atoms. The molecule has 0 bridgehead atoms. The smallest absolute Gasteiger partial charge is 0.251 e. The highest BCUT2D eigenvalue weighted by atomic mass is 16.5. The SMILES string of the molecule is COCc1ccc(C(=O)NC(C)c2ncc[nH]2)cc1. The van der Waals surface area contributed by atoms with Gasteiger partial charge in [0.15, 0.2) is 0 Å². The van der Waals surface area contributed by atoms with E-state index in [1.54, 1.807) is 31.6 Å². The Kier molecular flexibility index (Phi) is 4.30. The average molecular weight is 259 g/mol. The molecule has 0 radical (unpaired) electrons. The third-order valence-electron chi connectivity index (χ3n) is 2.80. The van der Waals surface area contributed by atoms with Crippen LogP contribution in [-0.4, -0.2) is 23.0 Å². The number of aromatic nitrogens is 2. The first kappa shape index (κ1) is 13.3. The second-order valence-electron chi connectivity index (χ2n) is 4.30. The molecule has 0 aliphatic heterocycles. The van der Waals surface area contributed by atoms with Crippen molar-refractivity contribution in [2.24, 2.45) is 0 Å². The summed E-state index contributed by atoms with van der Waals surface area (Å²) < 4.78 is 5.03. The number of ether oxygens (including phenoxy) is 1. The second-order valence-corrected chi connectivity index (χ2v) is 4.30. The fraction of sp³-hybridized carbons (Fsp3) is 0.286. The zero-order valence-electron chi connectivity index (χ0n) is 11.0. The number of aromatic amines is 1. The molecule has 0 fully saturated rings. The number of nitrogens with one attached hydrogen (secondary N) is 2. The van der Waals surface area contributed by atoms with E-state index in [9.17, 15) is 4.79 Å². The van der Waals surface area contributed by atoms with Crippen LogP contribution in [0, 0.1) is 0 Å². The number of carbonyl (C=O) groups is 1. The standard InChI is InChI=1S/C14H17N3O2/c1-10(13-15-7-8-16-13)17-14(18)12-5-3-11(4-6-12)9-19-2/h3-8,10H,9H2,1-2H3,(H,15,16)(H,17,18). The Hall–Kier alpha value is -2.14. The zero-order chi connectivity index (χ0) is 13.7. The summed E-state index contributed by atoms with van der Waals surface area (Å²) in [5.74, 6) is 0.622. The van der Waals surface area contributed by atoms with Crippen molar-refractivity contribution < 1.29 is 9.53 Å². The van der Waals surface area contributed by atoms with Crippen molar-refractivity contribution in [3.05, 3.63) is 53.6 Å². The maximum atomic E-state index is 12.0. The molecule has 1 atom stereocenters. The minimum atomic E-state index is -0.152. The van der Waals surface area contributed by atoms with Crippen molar-refractivity contribution in [3.63, 3.8) is 0 Å². The summed E-state index contributed by atoms with van der Waals surface area (Å²) in [6.45, 7) is 2.43. The predicted molar refractivity (Wildman–Crippen MR) is 71.6 cm³/mol. The molecule has 100 valence electrons. The van der Waals surface area contributed by atoms with Crippen LogP contribution in [0.4, 0.5) is 0 Å². The van der Waals surface area contributed by atoms with Gasteiger partial charge in [0.25, 0.3) is 5.91 Å². The lowest BCUT2D eigenvalue weighted by Crippen LogP contribution is -2.27. The molecule has 2 rings (SSSR count). The number of hydrogen-bond acceptors (Lipinski definition) is 3. The summed E-state index contributed by atoms with van der Waals surface area (Å²) in [6, 6.07) is 7.20. The maximum absolute atomic E-state index is 12.0. The fourth-order valence-electron chi connectivity index (χ4n) is 1.78. The highest BCUT2D eigenvalue weighted by Gasteiger charge is 2.12. The molecule has 1 aromatic heterocycles. The van der Waals surface area contributed by atoms with Crippen LogP contribution in [0.1, 0.15) is 34.7 Å². The Morgan fingerprint density at radius 3 is 2.74 bits per heavy atom. The van der Waals surface area contributed by atoms with Gasteiger partial charge in [0, 0.05) is 25.1 Å². The highest BCUT2D eigenvalue weighted by molar-refractivity contribution is 5.94. The molecule has 0 aliphatic carbocycles. The Morgan fingerprint density at radius 1 is 1.42 bits per heavy atom. The fourth-order valence-corrected chi connectivity index (χ4v) is 1.78. The third-order valence-corrected chi connectivity index (χ3v) is 2.80. The van der Waals surface area contributed by atoms with Crippen LogP contribution >= 0.6 is 0 Å². The van der Waals surface area contributed by atoms with E-state index < -0.39 is 0 Å². The topological polar surface area (TPSA) is 67.0 Å². The van der Waals surface area contributed by atoms with Gasteiger partial charge in [-0.05, 0) is 24.6 Å². The van der Waals surface area contributed by atoms with Crippen molar-refractivity contribution in [1.29, 1.82) is 0 Å². The molecule has 1 amide bonds. The Labute approximate surface area is 112 Å². The number of imidazole rings is 1. The molecule has 1 unspecified atom stereocenters. The van der Waals surface area contributed by atoms with Gasteiger partial charge in [-0.1, -0.05) is 12.1 Å². The summed E-state index contributed by atoms with van der Waals surface area (Å²) in [4.78, 5) is 19.1. The van der Waals surface area contributed by atoms with E-state index >= 15 is 0 Å². The molecule has 0 aliphatic rings. The van der Waals surface area contributed by atoms with Gasteiger partial charge >= 0.3 is 0 Å². The van der Waals surface area contributed by atoms with Gasteiger partial charge in [-0.3, -0.25) is 4.79 Å².